The molecule has 2 N–H and O–H groups in total. The summed E-state index contributed by atoms with van der Waals surface area (Å²) in [4.78, 5) is 31.6. The van der Waals surface area contributed by atoms with Crippen LogP contribution in [0.2, 0.25) is 0 Å². The first-order valence-corrected chi connectivity index (χ1v) is 4.66. The van der Waals surface area contributed by atoms with Gasteiger partial charge in [0, 0.05) is 10.5 Å². The van der Waals surface area contributed by atoms with E-state index in [9.17, 15) is 9.59 Å². The van der Waals surface area contributed by atoms with Gasteiger partial charge in [-0.15, -0.1) is 0 Å². The average Bonchev–Trinajstić information content (AvgIpc) is 1.99. The van der Waals surface area contributed by atoms with Crippen LogP contribution in [0.1, 0.15) is 5.82 Å². The van der Waals surface area contributed by atoms with Crippen molar-refractivity contribution in [2.24, 2.45) is 0 Å². The van der Waals surface area contributed by atoms with Gasteiger partial charge in [-0.05, 0) is 22.9 Å². The molecule has 0 atom stereocenters. The van der Waals surface area contributed by atoms with Crippen molar-refractivity contribution in [3.8, 4) is 0 Å². The summed E-state index contributed by atoms with van der Waals surface area (Å²) in [6, 6.07) is 1.30. The number of fused-ring (bicyclic) bond motifs is 1. The van der Waals surface area contributed by atoms with Crippen molar-refractivity contribution >= 4 is 27.0 Å². The normalized spacial score (nSPS) is 10.7. The molecule has 0 radical (unpaired) electrons. The molecule has 0 aromatic carbocycles. The molecule has 2 aromatic heterocycles. The van der Waals surface area contributed by atoms with Crippen LogP contribution >= 0.6 is 15.9 Å². The van der Waals surface area contributed by atoms with Gasteiger partial charge >= 0.3 is 0 Å². The standard InChI is InChI=1S/C8H6BrN3O2/c1-3-10-7-6(8(14)11-3)4(9)2-5(13)12-7/h2H,1H3,(H2,10,11,12,13,14). The Labute approximate surface area is 86.3 Å². The van der Waals surface area contributed by atoms with Crippen LogP contribution in [0, 0.1) is 6.92 Å². The molecule has 5 nitrogen and oxygen atoms in total. The molecule has 0 spiro atoms. The van der Waals surface area contributed by atoms with E-state index >= 15 is 0 Å². The van der Waals surface area contributed by atoms with E-state index in [2.05, 4.69) is 30.9 Å². The fourth-order valence-corrected chi connectivity index (χ4v) is 1.81. The molecule has 0 bridgehead atoms. The SMILES string of the molecule is Cc1nc2[nH]c(=O)cc(Br)c2c(=O)[nH]1. The van der Waals surface area contributed by atoms with Gasteiger partial charge in [-0.1, -0.05) is 0 Å². The van der Waals surface area contributed by atoms with E-state index in [0.717, 1.165) is 0 Å². The van der Waals surface area contributed by atoms with Crippen LogP contribution in [-0.2, 0) is 0 Å². The Balaban J connectivity index is 3.10. The lowest BCUT2D eigenvalue weighted by Crippen LogP contribution is -2.15. The number of aromatic amines is 2. The Hall–Kier alpha value is -1.43. The molecule has 0 aliphatic carbocycles. The van der Waals surface area contributed by atoms with Crippen molar-refractivity contribution in [1.82, 2.24) is 15.0 Å². The molecule has 0 fully saturated rings. The second-order valence-electron chi connectivity index (χ2n) is 2.86. The predicted molar refractivity (Wildman–Crippen MR) is 55.4 cm³/mol. The number of aryl methyl sites for hydroxylation is 1. The van der Waals surface area contributed by atoms with E-state index in [1.807, 2.05) is 0 Å². The van der Waals surface area contributed by atoms with Gasteiger partial charge in [0.15, 0.2) is 0 Å². The summed E-state index contributed by atoms with van der Waals surface area (Å²) >= 11 is 3.14. The maximum atomic E-state index is 11.5. The highest BCUT2D eigenvalue weighted by Gasteiger charge is 2.06. The summed E-state index contributed by atoms with van der Waals surface area (Å²) in [5.41, 5.74) is -0.261. The Morgan fingerprint density at radius 2 is 2.07 bits per heavy atom. The minimum absolute atomic E-state index is 0.268. The summed E-state index contributed by atoms with van der Waals surface area (Å²) in [6.45, 7) is 1.65. The first-order chi connectivity index (χ1) is 6.58. The number of nitrogens with one attached hydrogen (secondary N) is 2. The van der Waals surface area contributed by atoms with E-state index in [4.69, 9.17) is 0 Å². The zero-order valence-corrected chi connectivity index (χ0v) is 8.81. The van der Waals surface area contributed by atoms with Crippen molar-refractivity contribution in [2.75, 3.05) is 0 Å². The van der Waals surface area contributed by atoms with Crippen molar-refractivity contribution in [1.29, 1.82) is 0 Å². The molecule has 0 saturated carbocycles. The highest BCUT2D eigenvalue weighted by molar-refractivity contribution is 9.10. The van der Waals surface area contributed by atoms with Gasteiger partial charge in [-0.3, -0.25) is 9.59 Å². The van der Waals surface area contributed by atoms with Crippen LogP contribution < -0.4 is 11.1 Å². The maximum absolute atomic E-state index is 11.5. The summed E-state index contributed by atoms with van der Waals surface area (Å²) in [6.07, 6.45) is 0. The van der Waals surface area contributed by atoms with E-state index in [0.29, 0.717) is 21.3 Å². The lowest BCUT2D eigenvalue weighted by atomic mass is 10.3. The molecule has 72 valence electrons. The molecule has 0 unspecified atom stereocenters. The molecule has 14 heavy (non-hydrogen) atoms. The molecule has 0 amide bonds. The van der Waals surface area contributed by atoms with Gasteiger partial charge in [0.2, 0.25) is 0 Å². The molecule has 2 aromatic rings. The maximum Gasteiger partial charge on any atom is 0.261 e. The van der Waals surface area contributed by atoms with E-state index in [1.165, 1.54) is 6.07 Å². The molecule has 6 heteroatoms. The summed E-state index contributed by atoms with van der Waals surface area (Å²) < 4.78 is 0.449. The minimum Gasteiger partial charge on any atom is -0.310 e. The first-order valence-electron chi connectivity index (χ1n) is 3.87. The lowest BCUT2D eigenvalue weighted by Gasteiger charge is -1.99. The van der Waals surface area contributed by atoms with Crippen LogP contribution in [0.4, 0.5) is 0 Å². The average molecular weight is 256 g/mol. The minimum atomic E-state index is -0.290. The van der Waals surface area contributed by atoms with Gasteiger partial charge in [-0.2, -0.15) is 0 Å². The Bertz CT molecular complexity index is 614. The van der Waals surface area contributed by atoms with Gasteiger partial charge in [0.05, 0.1) is 5.39 Å². The number of pyridine rings is 1. The number of H-pyrrole nitrogens is 2. The number of nitrogens with zero attached hydrogens (tertiary/aromatic N) is 1. The largest absolute Gasteiger partial charge is 0.310 e. The zero-order chi connectivity index (χ0) is 10.3. The second-order valence-corrected chi connectivity index (χ2v) is 3.71. The van der Waals surface area contributed by atoms with Crippen LogP contribution in [0.3, 0.4) is 0 Å². The van der Waals surface area contributed by atoms with Gasteiger partial charge < -0.3 is 9.97 Å². The molecule has 0 saturated heterocycles. The first kappa shape index (κ1) is 9.14. The monoisotopic (exact) mass is 255 g/mol. The van der Waals surface area contributed by atoms with E-state index < -0.39 is 0 Å². The number of hydrogen-bond donors (Lipinski definition) is 2. The number of halogens is 1. The summed E-state index contributed by atoms with van der Waals surface area (Å²) in [7, 11) is 0. The van der Waals surface area contributed by atoms with Crippen molar-refractivity contribution in [2.45, 2.75) is 6.92 Å². The highest BCUT2D eigenvalue weighted by Crippen LogP contribution is 2.14. The van der Waals surface area contributed by atoms with Crippen molar-refractivity contribution < 1.29 is 0 Å². The van der Waals surface area contributed by atoms with E-state index in [-0.39, 0.29) is 11.1 Å². The Morgan fingerprint density at radius 3 is 2.79 bits per heavy atom. The van der Waals surface area contributed by atoms with Gasteiger partial charge in [0.1, 0.15) is 11.5 Å². The summed E-state index contributed by atoms with van der Waals surface area (Å²) in [5.74, 6) is 0.469. The quantitative estimate of drug-likeness (QED) is 0.727. The fraction of sp³-hybridized carbons (Fsp3) is 0.125. The Morgan fingerprint density at radius 1 is 1.36 bits per heavy atom. The third-order valence-corrected chi connectivity index (χ3v) is 2.40. The molecule has 0 aliphatic heterocycles. The number of rotatable bonds is 0. The van der Waals surface area contributed by atoms with Gasteiger partial charge in [-0.25, -0.2) is 4.98 Å². The van der Waals surface area contributed by atoms with Crippen LogP contribution in [0.5, 0.6) is 0 Å². The van der Waals surface area contributed by atoms with Crippen molar-refractivity contribution in [3.05, 3.63) is 37.1 Å². The summed E-state index contributed by atoms with van der Waals surface area (Å²) in [5, 5.41) is 0.357. The lowest BCUT2D eigenvalue weighted by molar-refractivity contribution is 1.03. The van der Waals surface area contributed by atoms with Crippen LogP contribution in [-0.4, -0.2) is 15.0 Å². The zero-order valence-electron chi connectivity index (χ0n) is 7.22. The Kier molecular flexibility index (Phi) is 1.99. The van der Waals surface area contributed by atoms with Crippen LogP contribution in [0.25, 0.3) is 11.0 Å². The predicted octanol–water partition coefficient (Wildman–Crippen LogP) is 0.682. The molecule has 2 heterocycles. The fourth-order valence-electron chi connectivity index (χ4n) is 1.24. The van der Waals surface area contributed by atoms with E-state index in [1.54, 1.807) is 6.92 Å². The third kappa shape index (κ3) is 1.37. The molecular weight excluding hydrogens is 250 g/mol. The topological polar surface area (TPSA) is 78.6 Å². The molecule has 0 aliphatic rings. The number of aromatic nitrogens is 3. The highest BCUT2D eigenvalue weighted by atomic mass is 79.9. The number of hydrogen-bond acceptors (Lipinski definition) is 3. The smallest absolute Gasteiger partial charge is 0.261 e. The molecule has 2 rings (SSSR count). The second kappa shape index (κ2) is 3.06. The van der Waals surface area contributed by atoms with Crippen LogP contribution in [0.15, 0.2) is 20.1 Å². The van der Waals surface area contributed by atoms with Crippen molar-refractivity contribution in [3.63, 3.8) is 0 Å². The molecular formula is C8H6BrN3O2. The van der Waals surface area contributed by atoms with Gasteiger partial charge in [0.25, 0.3) is 11.1 Å². The third-order valence-electron chi connectivity index (χ3n) is 1.78.